The van der Waals surface area contributed by atoms with Gasteiger partial charge in [0.25, 0.3) is 0 Å². The molecule has 0 bridgehead atoms. The lowest BCUT2D eigenvalue weighted by molar-refractivity contribution is 0.497. The molecule has 5 heteroatoms. The number of aromatic nitrogens is 2. The van der Waals surface area contributed by atoms with Crippen molar-refractivity contribution in [1.82, 2.24) is 15.5 Å². The van der Waals surface area contributed by atoms with Crippen molar-refractivity contribution in [3.05, 3.63) is 29.4 Å². The molecule has 1 aliphatic rings. The van der Waals surface area contributed by atoms with E-state index in [0.717, 1.165) is 36.2 Å². The highest BCUT2D eigenvalue weighted by molar-refractivity contribution is 6.34. The van der Waals surface area contributed by atoms with Crippen LogP contribution in [0.4, 0.5) is 5.82 Å². The van der Waals surface area contributed by atoms with E-state index in [4.69, 9.17) is 11.6 Å². The smallest absolute Gasteiger partial charge is 0.159 e. The minimum Gasteiger partial charge on any atom is -0.349 e. The van der Waals surface area contributed by atoms with E-state index in [9.17, 15) is 0 Å². The van der Waals surface area contributed by atoms with Gasteiger partial charge in [0.1, 0.15) is 0 Å². The summed E-state index contributed by atoms with van der Waals surface area (Å²) in [6.45, 7) is 5.08. The summed E-state index contributed by atoms with van der Waals surface area (Å²) in [5.41, 5.74) is 0. The van der Waals surface area contributed by atoms with Crippen LogP contribution in [0.2, 0.25) is 5.15 Å². The molecule has 1 fully saturated rings. The highest BCUT2D eigenvalue weighted by Gasteiger charge is 2.22. The Morgan fingerprint density at radius 2 is 2.06 bits per heavy atom. The molecule has 0 saturated carbocycles. The number of nitrogens with zero attached hydrogens (tertiary/aromatic N) is 3. The maximum Gasteiger partial charge on any atom is 0.159 e. The van der Waals surface area contributed by atoms with Gasteiger partial charge in [-0.15, -0.1) is 10.2 Å². The monoisotopic (exact) mass is 262 g/mol. The Hall–Kier alpha value is -1.39. The highest BCUT2D eigenvalue weighted by atomic mass is 35.5. The van der Waals surface area contributed by atoms with Gasteiger partial charge in [-0.1, -0.05) is 35.9 Å². The standard InChI is InChI=1S/C13H15ClN4/c1-9-8-15-6-7-18(9)13-11-5-3-2-4-10(11)12(14)16-17-13/h2-5,9,15H,6-8H2,1H3. The predicted octanol–water partition coefficient (Wildman–Crippen LogP) is 2.08. The van der Waals surface area contributed by atoms with Crippen molar-refractivity contribution < 1.29 is 0 Å². The Bertz CT molecular complexity index is 572. The summed E-state index contributed by atoms with van der Waals surface area (Å²) in [5.74, 6) is 0.934. The van der Waals surface area contributed by atoms with E-state index in [1.807, 2.05) is 18.2 Å². The maximum atomic E-state index is 6.10. The largest absolute Gasteiger partial charge is 0.349 e. The van der Waals surface area contributed by atoms with Crippen LogP contribution in [0.15, 0.2) is 24.3 Å². The molecule has 1 aromatic carbocycles. The van der Waals surface area contributed by atoms with Crippen LogP contribution in [-0.4, -0.2) is 35.9 Å². The molecule has 2 heterocycles. The normalized spacial score (nSPS) is 20.3. The minimum absolute atomic E-state index is 0.414. The first-order valence-corrected chi connectivity index (χ1v) is 6.53. The summed E-state index contributed by atoms with van der Waals surface area (Å²) in [5, 5.41) is 14.3. The molecule has 2 aromatic rings. The molecule has 1 atom stereocenters. The van der Waals surface area contributed by atoms with Crippen LogP contribution in [0.25, 0.3) is 10.8 Å². The third kappa shape index (κ3) is 1.91. The van der Waals surface area contributed by atoms with Crippen molar-refractivity contribution in [1.29, 1.82) is 0 Å². The van der Waals surface area contributed by atoms with Gasteiger partial charge in [0.2, 0.25) is 0 Å². The van der Waals surface area contributed by atoms with Crippen molar-refractivity contribution >= 4 is 28.2 Å². The van der Waals surface area contributed by atoms with E-state index < -0.39 is 0 Å². The fraction of sp³-hybridized carbons (Fsp3) is 0.385. The minimum atomic E-state index is 0.414. The quantitative estimate of drug-likeness (QED) is 0.854. The summed E-state index contributed by atoms with van der Waals surface area (Å²) in [7, 11) is 0. The molecule has 18 heavy (non-hydrogen) atoms. The molecular weight excluding hydrogens is 248 g/mol. The summed E-state index contributed by atoms with van der Waals surface area (Å²) in [6.07, 6.45) is 0. The summed E-state index contributed by atoms with van der Waals surface area (Å²) in [4.78, 5) is 2.29. The van der Waals surface area contributed by atoms with E-state index in [1.54, 1.807) is 0 Å². The van der Waals surface area contributed by atoms with Gasteiger partial charge in [-0.25, -0.2) is 0 Å². The first-order valence-electron chi connectivity index (χ1n) is 6.15. The summed E-state index contributed by atoms with van der Waals surface area (Å²) >= 11 is 6.10. The Labute approximate surface area is 111 Å². The fourth-order valence-corrected chi connectivity index (χ4v) is 2.63. The molecule has 94 valence electrons. The first-order chi connectivity index (χ1) is 8.77. The van der Waals surface area contributed by atoms with Crippen LogP contribution < -0.4 is 10.2 Å². The second-order valence-corrected chi connectivity index (χ2v) is 4.96. The maximum absolute atomic E-state index is 6.10. The van der Waals surface area contributed by atoms with Gasteiger partial charge in [0.05, 0.1) is 0 Å². The van der Waals surface area contributed by atoms with Crippen molar-refractivity contribution in [2.45, 2.75) is 13.0 Å². The number of anilines is 1. The Morgan fingerprint density at radius 3 is 2.83 bits per heavy atom. The van der Waals surface area contributed by atoms with Crippen LogP contribution >= 0.6 is 11.6 Å². The molecule has 0 aliphatic carbocycles. The third-order valence-corrected chi connectivity index (χ3v) is 3.68. The molecule has 1 saturated heterocycles. The van der Waals surface area contributed by atoms with Gasteiger partial charge >= 0.3 is 0 Å². The molecule has 3 rings (SSSR count). The lowest BCUT2D eigenvalue weighted by Gasteiger charge is -2.35. The zero-order valence-electron chi connectivity index (χ0n) is 10.2. The average molecular weight is 263 g/mol. The second kappa shape index (κ2) is 4.71. The van der Waals surface area contributed by atoms with E-state index in [0.29, 0.717) is 11.2 Å². The molecule has 4 nitrogen and oxygen atoms in total. The van der Waals surface area contributed by atoms with E-state index >= 15 is 0 Å². The average Bonchev–Trinajstić information content (AvgIpc) is 2.41. The first kappa shape index (κ1) is 11.7. The molecule has 0 amide bonds. The summed E-state index contributed by atoms with van der Waals surface area (Å²) < 4.78 is 0. The van der Waals surface area contributed by atoms with Crippen LogP contribution in [-0.2, 0) is 0 Å². The van der Waals surface area contributed by atoms with Crippen LogP contribution in [0.5, 0.6) is 0 Å². The SMILES string of the molecule is CC1CNCCN1c1nnc(Cl)c2ccccc12. The number of piperazine rings is 1. The molecule has 1 aliphatic heterocycles. The predicted molar refractivity (Wildman–Crippen MR) is 74.2 cm³/mol. The number of halogens is 1. The molecular formula is C13H15ClN4. The highest BCUT2D eigenvalue weighted by Crippen LogP contribution is 2.29. The number of hydrogen-bond acceptors (Lipinski definition) is 4. The lowest BCUT2D eigenvalue weighted by atomic mass is 10.1. The molecule has 0 radical (unpaired) electrons. The second-order valence-electron chi connectivity index (χ2n) is 4.61. The van der Waals surface area contributed by atoms with Gasteiger partial charge in [-0.05, 0) is 6.92 Å². The number of benzene rings is 1. The van der Waals surface area contributed by atoms with Crippen LogP contribution in [0, 0.1) is 0 Å². The van der Waals surface area contributed by atoms with Crippen molar-refractivity contribution in [3.8, 4) is 0 Å². The fourth-order valence-electron chi connectivity index (χ4n) is 2.42. The molecule has 0 spiro atoms. The van der Waals surface area contributed by atoms with Gasteiger partial charge in [0.15, 0.2) is 11.0 Å². The van der Waals surface area contributed by atoms with Gasteiger partial charge < -0.3 is 10.2 Å². The molecule has 1 unspecified atom stereocenters. The van der Waals surface area contributed by atoms with Crippen molar-refractivity contribution in [2.24, 2.45) is 0 Å². The lowest BCUT2D eigenvalue weighted by Crippen LogP contribution is -2.50. The molecule has 1 aromatic heterocycles. The Kier molecular flexibility index (Phi) is 3.06. The number of nitrogens with one attached hydrogen (secondary N) is 1. The number of hydrogen-bond donors (Lipinski definition) is 1. The van der Waals surface area contributed by atoms with E-state index in [-0.39, 0.29) is 0 Å². The topological polar surface area (TPSA) is 41.0 Å². The third-order valence-electron chi connectivity index (χ3n) is 3.40. The number of fused-ring (bicyclic) bond motifs is 1. The number of rotatable bonds is 1. The van der Waals surface area contributed by atoms with E-state index in [2.05, 4.69) is 33.4 Å². The zero-order chi connectivity index (χ0) is 12.5. The molecule has 1 N–H and O–H groups in total. The van der Waals surface area contributed by atoms with Crippen LogP contribution in [0.3, 0.4) is 0 Å². The van der Waals surface area contributed by atoms with Gasteiger partial charge in [0, 0.05) is 36.4 Å². The van der Waals surface area contributed by atoms with Crippen molar-refractivity contribution in [2.75, 3.05) is 24.5 Å². The van der Waals surface area contributed by atoms with Crippen LogP contribution in [0.1, 0.15) is 6.92 Å². The Morgan fingerprint density at radius 1 is 1.28 bits per heavy atom. The van der Waals surface area contributed by atoms with Crippen molar-refractivity contribution in [3.63, 3.8) is 0 Å². The van der Waals surface area contributed by atoms with Gasteiger partial charge in [-0.3, -0.25) is 0 Å². The van der Waals surface area contributed by atoms with E-state index in [1.165, 1.54) is 0 Å². The Balaban J connectivity index is 2.14. The zero-order valence-corrected chi connectivity index (χ0v) is 11.0. The summed E-state index contributed by atoms with van der Waals surface area (Å²) in [6, 6.07) is 8.44. The van der Waals surface area contributed by atoms with Gasteiger partial charge in [-0.2, -0.15) is 0 Å².